The molecule has 0 aliphatic carbocycles. The molecule has 19 heteroatoms. The number of aliphatic hydroxyl groups is 1. The molecule has 0 rings (SSSR count). The van der Waals surface area contributed by atoms with Gasteiger partial charge in [-0.2, -0.15) is 0 Å². The summed E-state index contributed by atoms with van der Waals surface area (Å²) in [4.78, 5) is 72.7. The van der Waals surface area contributed by atoms with E-state index >= 15 is 0 Å². The van der Waals surface area contributed by atoms with Crippen LogP contribution in [0.25, 0.3) is 0 Å². The molecular formula is C77H132O17P2. The molecular weight excluding hydrogens is 1260 g/mol. The lowest BCUT2D eigenvalue weighted by molar-refractivity contribution is -0.161. The Hall–Kier alpha value is -4.28. The predicted molar refractivity (Wildman–Crippen MR) is 390 cm³/mol. The normalized spacial score (nSPS) is 14.6. The molecule has 0 amide bonds. The van der Waals surface area contributed by atoms with Crippen LogP contribution in [0.1, 0.15) is 297 Å². The Morgan fingerprint density at radius 1 is 0.302 bits per heavy atom. The maximum atomic E-state index is 13.1. The van der Waals surface area contributed by atoms with Crippen LogP contribution in [0.2, 0.25) is 0 Å². The molecule has 0 aliphatic rings. The van der Waals surface area contributed by atoms with E-state index in [1.807, 2.05) is 0 Å². The van der Waals surface area contributed by atoms with Gasteiger partial charge in [0.15, 0.2) is 12.2 Å². The van der Waals surface area contributed by atoms with Crippen LogP contribution in [0.15, 0.2) is 109 Å². The van der Waals surface area contributed by atoms with E-state index < -0.39 is 97.5 Å². The monoisotopic (exact) mass is 1390 g/mol. The highest BCUT2D eigenvalue weighted by Crippen LogP contribution is 2.45. The molecule has 5 atom stereocenters. The van der Waals surface area contributed by atoms with E-state index in [4.69, 9.17) is 37.0 Å². The molecule has 0 fully saturated rings. The van der Waals surface area contributed by atoms with E-state index in [1.165, 1.54) is 25.7 Å². The van der Waals surface area contributed by atoms with Gasteiger partial charge in [-0.3, -0.25) is 37.3 Å². The number of phosphoric acid groups is 2. The lowest BCUT2D eigenvalue weighted by Gasteiger charge is -2.21. The van der Waals surface area contributed by atoms with E-state index in [1.54, 1.807) is 0 Å². The van der Waals surface area contributed by atoms with Crippen molar-refractivity contribution in [2.45, 2.75) is 316 Å². The van der Waals surface area contributed by atoms with Gasteiger partial charge in [0.1, 0.15) is 19.3 Å². The maximum Gasteiger partial charge on any atom is 0.472 e. The van der Waals surface area contributed by atoms with Gasteiger partial charge in [-0.1, -0.05) is 240 Å². The average molecular weight is 1390 g/mol. The fraction of sp³-hybridized carbons (Fsp3) is 0.714. The summed E-state index contributed by atoms with van der Waals surface area (Å²) < 4.78 is 68.3. The first-order chi connectivity index (χ1) is 46.7. The summed E-state index contributed by atoms with van der Waals surface area (Å²) in [5.74, 6) is -2.23. The third kappa shape index (κ3) is 68.3. The second-order valence-corrected chi connectivity index (χ2v) is 27.4. The van der Waals surface area contributed by atoms with E-state index in [9.17, 15) is 43.2 Å². The van der Waals surface area contributed by atoms with E-state index in [-0.39, 0.29) is 25.7 Å². The van der Waals surface area contributed by atoms with E-state index in [0.29, 0.717) is 25.7 Å². The summed E-state index contributed by atoms with van der Waals surface area (Å²) in [5.41, 5.74) is 0. The summed E-state index contributed by atoms with van der Waals surface area (Å²) in [6.07, 6.45) is 72.3. The quantitative estimate of drug-likeness (QED) is 0.0169. The molecule has 0 bridgehead atoms. The van der Waals surface area contributed by atoms with Crippen molar-refractivity contribution in [1.29, 1.82) is 0 Å². The number of ether oxygens (including phenoxy) is 4. The average Bonchev–Trinajstić information content (AvgIpc) is 1.14. The van der Waals surface area contributed by atoms with Gasteiger partial charge >= 0.3 is 39.5 Å². The van der Waals surface area contributed by atoms with E-state index in [2.05, 4.69) is 137 Å². The first-order valence-corrected chi connectivity index (χ1v) is 40.1. The Kier molecular flexibility index (Phi) is 66.1. The number of hydrogen-bond acceptors (Lipinski definition) is 15. The zero-order chi connectivity index (χ0) is 70.4. The number of phosphoric ester groups is 2. The summed E-state index contributed by atoms with van der Waals surface area (Å²) in [6, 6.07) is 0. The van der Waals surface area contributed by atoms with Crippen molar-refractivity contribution in [2.75, 3.05) is 39.6 Å². The van der Waals surface area contributed by atoms with Crippen molar-refractivity contribution >= 4 is 39.5 Å². The van der Waals surface area contributed by atoms with Gasteiger partial charge in [-0.25, -0.2) is 9.13 Å². The van der Waals surface area contributed by atoms with Gasteiger partial charge in [0, 0.05) is 25.7 Å². The van der Waals surface area contributed by atoms with Crippen molar-refractivity contribution in [3.8, 4) is 0 Å². The standard InChI is InChI=1S/C77H132O17P2/c1-5-9-13-17-21-25-29-33-35-39-41-45-49-53-57-61-74(79)87-67-72(93-76(81)63-59-55-51-47-43-37-31-27-23-19-15-11-7-3)69-91-95(83,84)89-65-71(78)66-90-96(85,86)92-70-73(94-77(82)64-60-56-52-48-44-38-32-28-24-20-16-12-8-4)68-88-75(80)62-58-54-50-46-42-40-36-34-30-26-22-18-14-10-6-2/h9-10,13-15,19,21-22,25-28,31-36,71-73,78H,5-8,11-12,16-18,20,23-24,29-30,37-70H2,1-4H3,(H,83,84)(H,85,86)/b13-9-,14-10-,19-15-,25-21-,26-22-,31-27-,32-28-,35-33-,36-34-. The number of rotatable bonds is 69. The van der Waals surface area contributed by atoms with Gasteiger partial charge < -0.3 is 33.8 Å². The summed E-state index contributed by atoms with van der Waals surface area (Å²) in [7, 11) is -9.96. The number of aliphatic hydroxyl groups excluding tert-OH is 1. The number of hydrogen-bond donors (Lipinski definition) is 3. The highest BCUT2D eigenvalue weighted by Gasteiger charge is 2.30. The molecule has 0 spiro atoms. The molecule has 0 saturated heterocycles. The third-order valence-corrected chi connectivity index (χ3v) is 17.1. The van der Waals surface area contributed by atoms with Gasteiger partial charge in [-0.05, 0) is 141 Å². The van der Waals surface area contributed by atoms with Crippen molar-refractivity contribution < 1.29 is 80.2 Å². The molecule has 0 aliphatic heterocycles. The van der Waals surface area contributed by atoms with Crippen LogP contribution in [-0.2, 0) is 65.4 Å². The molecule has 3 N–H and O–H groups in total. The molecule has 552 valence electrons. The van der Waals surface area contributed by atoms with Crippen molar-refractivity contribution in [3.63, 3.8) is 0 Å². The zero-order valence-electron chi connectivity index (χ0n) is 60.0. The molecule has 0 heterocycles. The summed E-state index contributed by atoms with van der Waals surface area (Å²) >= 11 is 0. The summed E-state index contributed by atoms with van der Waals surface area (Å²) in [5, 5.41) is 10.6. The highest BCUT2D eigenvalue weighted by atomic mass is 31.2. The second kappa shape index (κ2) is 69.2. The first kappa shape index (κ1) is 91.7. The van der Waals surface area contributed by atoms with Crippen LogP contribution in [-0.4, -0.2) is 96.7 Å². The van der Waals surface area contributed by atoms with Crippen LogP contribution in [0.4, 0.5) is 0 Å². The van der Waals surface area contributed by atoms with Gasteiger partial charge in [-0.15, -0.1) is 0 Å². The molecule has 0 radical (unpaired) electrons. The Morgan fingerprint density at radius 3 is 0.885 bits per heavy atom. The van der Waals surface area contributed by atoms with Crippen LogP contribution >= 0.6 is 15.6 Å². The molecule has 96 heavy (non-hydrogen) atoms. The molecule has 0 saturated carbocycles. The topological polar surface area (TPSA) is 237 Å². The molecule has 0 aromatic heterocycles. The minimum Gasteiger partial charge on any atom is -0.462 e. The predicted octanol–water partition coefficient (Wildman–Crippen LogP) is 21.0. The van der Waals surface area contributed by atoms with Gasteiger partial charge in [0.05, 0.1) is 26.4 Å². The maximum absolute atomic E-state index is 13.1. The lowest BCUT2D eigenvalue weighted by atomic mass is 10.1. The Balaban J connectivity index is 5.37. The van der Waals surface area contributed by atoms with Crippen molar-refractivity contribution in [1.82, 2.24) is 0 Å². The Bertz CT molecular complexity index is 2250. The molecule has 5 unspecified atom stereocenters. The fourth-order valence-corrected chi connectivity index (χ4v) is 11.2. The highest BCUT2D eigenvalue weighted by molar-refractivity contribution is 7.47. The van der Waals surface area contributed by atoms with Crippen LogP contribution in [0.3, 0.4) is 0 Å². The smallest absolute Gasteiger partial charge is 0.462 e. The lowest BCUT2D eigenvalue weighted by Crippen LogP contribution is -2.30. The number of allylic oxidation sites excluding steroid dienone is 18. The minimum absolute atomic E-state index is 0.0732. The van der Waals surface area contributed by atoms with Crippen LogP contribution < -0.4 is 0 Å². The molecule has 17 nitrogen and oxygen atoms in total. The fourth-order valence-electron chi connectivity index (χ4n) is 9.57. The van der Waals surface area contributed by atoms with E-state index in [0.717, 1.165) is 193 Å². The van der Waals surface area contributed by atoms with Crippen molar-refractivity contribution in [3.05, 3.63) is 109 Å². The minimum atomic E-state index is -4.98. The van der Waals surface area contributed by atoms with Gasteiger partial charge in [0.2, 0.25) is 0 Å². The number of carbonyl (C=O) groups is 4. The molecule has 0 aromatic carbocycles. The molecule has 0 aromatic rings. The summed E-state index contributed by atoms with van der Waals surface area (Å²) in [6.45, 7) is 4.50. The SMILES string of the molecule is CC/C=C\C/C=C\C/C=C\CCCCCCCC(=O)OCC(COP(=O)(O)OCC(O)COP(=O)(O)OCC(COC(=O)CCCCCCC/C=C\C/C=C\C/C=C\CC)OC(=O)CCCCCCC/C=C\CCCCCC)OC(=O)CCCCCCC/C=C\C/C=C\CCC. The zero-order valence-corrected chi connectivity index (χ0v) is 61.8. The number of esters is 4. The Labute approximate surface area is 581 Å². The number of carbonyl (C=O) groups excluding carboxylic acids is 4. The van der Waals surface area contributed by atoms with Gasteiger partial charge in [0.25, 0.3) is 0 Å². The van der Waals surface area contributed by atoms with Crippen molar-refractivity contribution in [2.24, 2.45) is 0 Å². The largest absolute Gasteiger partial charge is 0.472 e. The second-order valence-electron chi connectivity index (χ2n) is 24.5. The van der Waals surface area contributed by atoms with Crippen LogP contribution in [0.5, 0.6) is 0 Å². The number of unbranched alkanes of at least 4 members (excludes halogenated alkanes) is 25. The third-order valence-electron chi connectivity index (χ3n) is 15.2. The van der Waals surface area contributed by atoms with Crippen LogP contribution in [0, 0.1) is 0 Å². The first-order valence-electron chi connectivity index (χ1n) is 37.1. The Morgan fingerprint density at radius 2 is 0.562 bits per heavy atom.